The SMILES string of the molecule is C[N+](=O)[O-].[K+]. The minimum absolute atomic E-state index is 0. The average molecular weight is 100 g/mol. The minimum Gasteiger partial charge on any atom is -0.265 e. The van der Waals surface area contributed by atoms with Gasteiger partial charge in [-0.25, -0.2) is 0 Å². The molecule has 3 nitrogen and oxygen atoms in total. The van der Waals surface area contributed by atoms with Gasteiger partial charge in [0.2, 0.25) is 0 Å². The molecule has 0 rings (SSSR count). The Balaban J connectivity index is 0. The van der Waals surface area contributed by atoms with Crippen molar-refractivity contribution in [3.8, 4) is 0 Å². The van der Waals surface area contributed by atoms with Gasteiger partial charge < -0.3 is 0 Å². The van der Waals surface area contributed by atoms with Gasteiger partial charge in [0.1, 0.15) is 0 Å². The second-order valence-electron chi connectivity index (χ2n) is 0.440. The van der Waals surface area contributed by atoms with Crippen molar-refractivity contribution in [2.24, 2.45) is 0 Å². The fourth-order valence-electron chi connectivity index (χ4n) is 0. The molecular formula is CH3KNO2+. The number of rotatable bonds is 0. The Labute approximate surface area is 72.3 Å². The van der Waals surface area contributed by atoms with Gasteiger partial charge in [-0.1, -0.05) is 0 Å². The third kappa shape index (κ3) is 43.2. The predicted octanol–water partition coefficient (Wildman–Crippen LogP) is -3.10. The van der Waals surface area contributed by atoms with E-state index in [2.05, 4.69) is 0 Å². The van der Waals surface area contributed by atoms with Crippen LogP contribution in [0.1, 0.15) is 0 Å². The van der Waals surface area contributed by atoms with Gasteiger partial charge in [-0.2, -0.15) is 0 Å². The molecule has 0 bridgehead atoms. The minimum atomic E-state index is -0.500. The average Bonchev–Trinajstić information content (AvgIpc) is 0.811. The Hall–Kier alpha value is 1.04. The van der Waals surface area contributed by atoms with Gasteiger partial charge in [0.05, 0.1) is 0 Å². The maximum atomic E-state index is 8.81. The smallest absolute Gasteiger partial charge is 0.265 e. The molecule has 0 aliphatic carbocycles. The zero-order valence-electron chi connectivity index (χ0n) is 3.26. The summed E-state index contributed by atoms with van der Waals surface area (Å²) in [4.78, 5) is 8.31. The van der Waals surface area contributed by atoms with Gasteiger partial charge in [0.25, 0.3) is 0 Å². The van der Waals surface area contributed by atoms with Crippen molar-refractivity contribution in [3.63, 3.8) is 0 Å². The van der Waals surface area contributed by atoms with E-state index in [1.54, 1.807) is 0 Å². The topological polar surface area (TPSA) is 43.1 Å². The second-order valence-corrected chi connectivity index (χ2v) is 0.440. The Bertz CT molecular complexity index is 32.6. The van der Waals surface area contributed by atoms with E-state index in [1.165, 1.54) is 0 Å². The predicted molar refractivity (Wildman–Crippen MR) is 12.9 cm³/mol. The molecule has 0 saturated carbocycles. The van der Waals surface area contributed by atoms with Crippen LogP contribution >= 0.6 is 0 Å². The van der Waals surface area contributed by atoms with E-state index in [1.807, 2.05) is 0 Å². The summed E-state index contributed by atoms with van der Waals surface area (Å²) < 4.78 is 0. The number of hydrogen-bond acceptors (Lipinski definition) is 2. The van der Waals surface area contributed by atoms with Crippen LogP contribution in [0.2, 0.25) is 0 Å². The van der Waals surface area contributed by atoms with E-state index in [0.717, 1.165) is 7.05 Å². The molecule has 0 fully saturated rings. The van der Waals surface area contributed by atoms with Gasteiger partial charge in [-0.15, -0.1) is 0 Å². The normalized spacial score (nSPS) is 5.00. The summed E-state index contributed by atoms with van der Waals surface area (Å²) in [5.41, 5.74) is 0. The second kappa shape index (κ2) is 5.04. The Morgan fingerprint density at radius 2 is 1.80 bits per heavy atom. The van der Waals surface area contributed by atoms with Gasteiger partial charge in [-0.3, -0.25) is 10.1 Å². The van der Waals surface area contributed by atoms with Crippen LogP contribution < -0.4 is 51.4 Å². The molecule has 0 aromatic carbocycles. The Morgan fingerprint density at radius 3 is 1.80 bits per heavy atom. The third-order valence-corrected chi connectivity index (χ3v) is 0. The summed E-state index contributed by atoms with van der Waals surface area (Å²) in [7, 11) is 0.889. The van der Waals surface area contributed by atoms with Crippen molar-refractivity contribution in [1.29, 1.82) is 0 Å². The first kappa shape index (κ1) is 9.40. The van der Waals surface area contributed by atoms with Crippen LogP contribution in [0.4, 0.5) is 0 Å². The molecule has 0 aromatic heterocycles. The molecule has 0 radical (unpaired) electrons. The van der Waals surface area contributed by atoms with Gasteiger partial charge >= 0.3 is 51.4 Å². The molecule has 0 saturated heterocycles. The van der Waals surface area contributed by atoms with E-state index >= 15 is 0 Å². The van der Waals surface area contributed by atoms with Crippen LogP contribution in [0.5, 0.6) is 0 Å². The van der Waals surface area contributed by atoms with Crippen LogP contribution in [0.15, 0.2) is 0 Å². The maximum absolute atomic E-state index is 8.81. The van der Waals surface area contributed by atoms with E-state index in [-0.39, 0.29) is 51.4 Å². The quantitative estimate of drug-likeness (QED) is 0.184. The molecular weight excluding hydrogens is 97.1 g/mol. The summed E-state index contributed by atoms with van der Waals surface area (Å²) in [6.45, 7) is 0. The van der Waals surface area contributed by atoms with E-state index in [0.29, 0.717) is 0 Å². The summed E-state index contributed by atoms with van der Waals surface area (Å²) in [5, 5.41) is 8.81. The van der Waals surface area contributed by atoms with Crippen molar-refractivity contribution in [2.45, 2.75) is 0 Å². The van der Waals surface area contributed by atoms with Crippen LogP contribution in [0, 0.1) is 10.1 Å². The standard InChI is InChI=1S/CH3NO2.K/c1-2(3)4;/h1H3;/q;+1. The largest absolute Gasteiger partial charge is 1.00 e. The van der Waals surface area contributed by atoms with Crippen molar-refractivity contribution < 1.29 is 56.3 Å². The Morgan fingerprint density at radius 1 is 1.80 bits per heavy atom. The molecule has 0 atom stereocenters. The van der Waals surface area contributed by atoms with Crippen LogP contribution in [0.3, 0.4) is 0 Å². The van der Waals surface area contributed by atoms with Crippen LogP contribution in [-0.2, 0) is 0 Å². The summed E-state index contributed by atoms with van der Waals surface area (Å²) >= 11 is 0. The molecule has 0 aliphatic heterocycles. The maximum Gasteiger partial charge on any atom is 1.00 e. The molecule has 0 heterocycles. The molecule has 0 amide bonds. The first-order valence-corrected chi connectivity index (χ1v) is 0.812. The van der Waals surface area contributed by atoms with Gasteiger partial charge in [0, 0.05) is 4.92 Å². The molecule has 0 aromatic rings. The first-order valence-electron chi connectivity index (χ1n) is 0.812. The van der Waals surface area contributed by atoms with Crippen molar-refractivity contribution in [3.05, 3.63) is 10.1 Å². The monoisotopic (exact) mass is 100.0 g/mol. The fourth-order valence-corrected chi connectivity index (χ4v) is 0. The zero-order valence-corrected chi connectivity index (χ0v) is 6.39. The van der Waals surface area contributed by atoms with E-state index < -0.39 is 4.92 Å². The number of hydrogen-bond donors (Lipinski definition) is 0. The molecule has 24 valence electrons. The molecule has 4 heteroatoms. The zero-order chi connectivity index (χ0) is 3.58. The van der Waals surface area contributed by atoms with Crippen molar-refractivity contribution in [1.82, 2.24) is 0 Å². The Kier molecular flexibility index (Phi) is 9.47. The molecule has 0 aliphatic rings. The summed E-state index contributed by atoms with van der Waals surface area (Å²) in [6, 6.07) is 0. The molecule has 5 heavy (non-hydrogen) atoms. The molecule has 0 spiro atoms. The first-order chi connectivity index (χ1) is 1.73. The van der Waals surface area contributed by atoms with Gasteiger partial charge in [0.15, 0.2) is 7.05 Å². The van der Waals surface area contributed by atoms with Crippen molar-refractivity contribution >= 4 is 0 Å². The molecule has 0 N–H and O–H groups in total. The van der Waals surface area contributed by atoms with Crippen LogP contribution in [-0.4, -0.2) is 12.0 Å². The van der Waals surface area contributed by atoms with Crippen LogP contribution in [0.25, 0.3) is 0 Å². The van der Waals surface area contributed by atoms with E-state index in [9.17, 15) is 0 Å². The number of nitro groups is 1. The summed E-state index contributed by atoms with van der Waals surface area (Å²) in [5.74, 6) is 0. The molecule has 0 unspecified atom stereocenters. The van der Waals surface area contributed by atoms with Crippen molar-refractivity contribution in [2.75, 3.05) is 7.05 Å². The van der Waals surface area contributed by atoms with E-state index in [4.69, 9.17) is 10.1 Å². The summed E-state index contributed by atoms with van der Waals surface area (Å²) in [6.07, 6.45) is 0. The van der Waals surface area contributed by atoms with Gasteiger partial charge in [-0.05, 0) is 0 Å². The third-order valence-electron chi connectivity index (χ3n) is 0. The fraction of sp³-hybridized carbons (Fsp3) is 1.00. The number of nitrogens with zero attached hydrogens (tertiary/aromatic N) is 1.